The van der Waals surface area contributed by atoms with Crippen LogP contribution in [0.15, 0.2) is 55.1 Å². The normalized spacial score (nSPS) is 12.4. The Kier molecular flexibility index (Phi) is 5.89. The third-order valence-corrected chi connectivity index (χ3v) is 4.53. The van der Waals surface area contributed by atoms with Gasteiger partial charge in [-0.25, -0.2) is 0 Å². The number of ether oxygens (including phenoxy) is 2. The van der Waals surface area contributed by atoms with E-state index in [0.717, 1.165) is 22.8 Å². The number of aliphatic carboxylic acids is 1. The second-order valence-corrected chi connectivity index (χ2v) is 6.41. The second kappa shape index (κ2) is 8.52. The smallest absolute Gasteiger partial charge is 0.306 e. The summed E-state index contributed by atoms with van der Waals surface area (Å²) in [6, 6.07) is 13.7. The average molecular weight is 380 g/mol. The van der Waals surface area contributed by atoms with E-state index < -0.39 is 23.8 Å². The van der Waals surface area contributed by atoms with Crippen LogP contribution in [-0.4, -0.2) is 35.5 Å². The monoisotopic (exact) mass is 380 g/mol. The van der Waals surface area contributed by atoms with Crippen molar-refractivity contribution in [3.63, 3.8) is 0 Å². The van der Waals surface area contributed by atoms with Crippen molar-refractivity contribution in [1.29, 1.82) is 0 Å². The van der Waals surface area contributed by atoms with E-state index in [4.69, 9.17) is 14.6 Å². The summed E-state index contributed by atoms with van der Waals surface area (Å²) >= 11 is 0. The molecule has 0 bridgehead atoms. The van der Waals surface area contributed by atoms with E-state index >= 15 is 0 Å². The largest absolute Gasteiger partial charge is 0.481 e. The average Bonchev–Trinajstić information content (AvgIpc) is 3.08. The lowest BCUT2D eigenvalue weighted by molar-refractivity contribution is -0.150. The van der Waals surface area contributed by atoms with Crippen molar-refractivity contribution in [3.05, 3.63) is 66.2 Å². The van der Waals surface area contributed by atoms with Crippen molar-refractivity contribution in [2.75, 3.05) is 6.61 Å². The van der Waals surface area contributed by atoms with Gasteiger partial charge < -0.3 is 14.6 Å². The van der Waals surface area contributed by atoms with Crippen LogP contribution in [0.25, 0.3) is 11.1 Å². The molecule has 2 aromatic rings. The Morgan fingerprint density at radius 3 is 2.57 bits per heavy atom. The van der Waals surface area contributed by atoms with Crippen molar-refractivity contribution in [3.8, 4) is 16.9 Å². The van der Waals surface area contributed by atoms with Gasteiger partial charge in [-0.1, -0.05) is 43.0 Å². The predicted molar refractivity (Wildman–Crippen MR) is 102 cm³/mol. The quantitative estimate of drug-likeness (QED) is 0.453. The van der Waals surface area contributed by atoms with E-state index in [1.807, 2.05) is 30.3 Å². The minimum atomic E-state index is -1.09. The molecule has 0 aliphatic heterocycles. The summed E-state index contributed by atoms with van der Waals surface area (Å²) in [4.78, 5) is 34.4. The van der Waals surface area contributed by atoms with Gasteiger partial charge in [-0.05, 0) is 28.8 Å². The van der Waals surface area contributed by atoms with E-state index in [9.17, 15) is 14.4 Å². The van der Waals surface area contributed by atoms with Gasteiger partial charge in [0.2, 0.25) is 0 Å². The molecule has 2 aromatic carbocycles. The zero-order chi connectivity index (χ0) is 20.1. The Morgan fingerprint density at radius 2 is 1.82 bits per heavy atom. The molecule has 6 nitrogen and oxygen atoms in total. The lowest BCUT2D eigenvalue weighted by Gasteiger charge is -2.19. The number of benzene rings is 2. The van der Waals surface area contributed by atoms with Crippen LogP contribution in [0.2, 0.25) is 0 Å². The molecule has 144 valence electrons. The fourth-order valence-electron chi connectivity index (χ4n) is 3.15. The lowest BCUT2D eigenvalue weighted by Crippen LogP contribution is -2.32. The number of fused-ring (bicyclic) bond motifs is 3. The summed E-state index contributed by atoms with van der Waals surface area (Å²) < 4.78 is 10.9. The van der Waals surface area contributed by atoms with E-state index in [0.29, 0.717) is 12.2 Å². The molecule has 0 radical (unpaired) electrons. The van der Waals surface area contributed by atoms with Crippen LogP contribution >= 0.6 is 0 Å². The number of carbonyl (C=O) groups excluding carboxylic acids is 2. The van der Waals surface area contributed by atoms with Crippen molar-refractivity contribution < 1.29 is 29.0 Å². The molecular formula is C22H20O6. The molecule has 1 aliphatic rings. The number of carboxylic acid groups (broad SMARTS) is 1. The first-order chi connectivity index (χ1) is 13.5. The van der Waals surface area contributed by atoms with E-state index in [1.54, 1.807) is 6.07 Å². The summed E-state index contributed by atoms with van der Waals surface area (Å²) in [5.41, 5.74) is 4.34. The minimum absolute atomic E-state index is 0.264. The number of ketones is 1. The molecule has 1 N–H and O–H groups in total. The maximum absolute atomic E-state index is 12.2. The van der Waals surface area contributed by atoms with E-state index in [-0.39, 0.29) is 19.4 Å². The van der Waals surface area contributed by atoms with Crippen LogP contribution in [0.1, 0.15) is 24.0 Å². The van der Waals surface area contributed by atoms with Crippen LogP contribution in [0.4, 0.5) is 0 Å². The molecule has 0 saturated heterocycles. The zero-order valence-corrected chi connectivity index (χ0v) is 15.2. The summed E-state index contributed by atoms with van der Waals surface area (Å²) in [5.74, 6) is -1.65. The maximum Gasteiger partial charge on any atom is 0.306 e. The van der Waals surface area contributed by atoms with Gasteiger partial charge in [0.15, 0.2) is 11.9 Å². The fraction of sp³-hybridized carbons (Fsp3) is 0.227. The SMILES string of the molecule is C=CC(=O)C(COC(=O)CCC(=O)O)Oc1cccc2c1Cc1ccccc1-2. The predicted octanol–water partition coefficient (Wildman–Crippen LogP) is 3.17. The van der Waals surface area contributed by atoms with Crippen LogP contribution in [-0.2, 0) is 25.5 Å². The Hall–Kier alpha value is -3.41. The molecule has 28 heavy (non-hydrogen) atoms. The fourth-order valence-corrected chi connectivity index (χ4v) is 3.15. The molecule has 0 aromatic heterocycles. The lowest BCUT2D eigenvalue weighted by atomic mass is 10.1. The highest BCUT2D eigenvalue weighted by Crippen LogP contribution is 2.41. The van der Waals surface area contributed by atoms with Crippen LogP contribution in [0, 0.1) is 0 Å². The van der Waals surface area contributed by atoms with E-state index in [1.165, 1.54) is 5.56 Å². The van der Waals surface area contributed by atoms with Gasteiger partial charge >= 0.3 is 11.9 Å². The Morgan fingerprint density at radius 1 is 1.07 bits per heavy atom. The number of hydrogen-bond acceptors (Lipinski definition) is 5. The summed E-state index contributed by atoms with van der Waals surface area (Å²) in [6.07, 6.45) is 0.175. The Balaban J connectivity index is 1.74. The summed E-state index contributed by atoms with van der Waals surface area (Å²) in [6.45, 7) is 3.16. The molecule has 1 aliphatic carbocycles. The highest BCUT2D eigenvalue weighted by Gasteiger charge is 2.25. The third-order valence-electron chi connectivity index (χ3n) is 4.53. The molecule has 0 saturated carbocycles. The van der Waals surface area contributed by atoms with Crippen LogP contribution in [0.3, 0.4) is 0 Å². The molecule has 3 rings (SSSR count). The Labute approximate surface area is 162 Å². The van der Waals surface area contributed by atoms with Crippen LogP contribution < -0.4 is 4.74 Å². The first-order valence-corrected chi connectivity index (χ1v) is 8.90. The number of hydrogen-bond donors (Lipinski definition) is 1. The topological polar surface area (TPSA) is 89.9 Å². The van der Waals surface area contributed by atoms with Gasteiger partial charge in [0.25, 0.3) is 0 Å². The first-order valence-electron chi connectivity index (χ1n) is 8.90. The maximum atomic E-state index is 12.2. The third kappa shape index (κ3) is 4.28. The molecular weight excluding hydrogens is 360 g/mol. The van der Waals surface area contributed by atoms with Gasteiger partial charge in [-0.2, -0.15) is 0 Å². The molecule has 0 amide bonds. The molecule has 0 spiro atoms. The zero-order valence-electron chi connectivity index (χ0n) is 15.2. The van der Waals surface area contributed by atoms with Gasteiger partial charge in [-0.3, -0.25) is 14.4 Å². The highest BCUT2D eigenvalue weighted by atomic mass is 16.6. The first kappa shape index (κ1) is 19.4. The molecule has 6 heteroatoms. The standard InChI is InChI=1S/C22H20O6/c1-2-18(23)20(13-27-22(26)11-10-21(24)25)28-19-9-5-8-16-15-7-4-3-6-14(15)12-17(16)19/h2-9,20H,1,10-13H2,(H,24,25). The van der Waals surface area contributed by atoms with E-state index in [2.05, 4.69) is 12.6 Å². The minimum Gasteiger partial charge on any atom is -0.481 e. The highest BCUT2D eigenvalue weighted by molar-refractivity contribution is 5.93. The van der Waals surface area contributed by atoms with Crippen LogP contribution in [0.5, 0.6) is 5.75 Å². The molecule has 0 heterocycles. The van der Waals surface area contributed by atoms with Gasteiger partial charge in [0.1, 0.15) is 12.4 Å². The number of carboxylic acids is 1. The molecule has 0 fully saturated rings. The summed E-state index contributed by atoms with van der Waals surface area (Å²) in [5, 5.41) is 8.63. The summed E-state index contributed by atoms with van der Waals surface area (Å²) in [7, 11) is 0. The van der Waals surface area contributed by atoms with Crippen molar-refractivity contribution in [2.45, 2.75) is 25.4 Å². The Bertz CT molecular complexity index is 930. The van der Waals surface area contributed by atoms with Gasteiger partial charge in [-0.15, -0.1) is 0 Å². The molecule has 1 unspecified atom stereocenters. The van der Waals surface area contributed by atoms with Crippen molar-refractivity contribution >= 4 is 17.7 Å². The van der Waals surface area contributed by atoms with Gasteiger partial charge in [0, 0.05) is 12.0 Å². The van der Waals surface area contributed by atoms with Crippen molar-refractivity contribution in [1.82, 2.24) is 0 Å². The van der Waals surface area contributed by atoms with Crippen molar-refractivity contribution in [2.24, 2.45) is 0 Å². The number of carbonyl (C=O) groups is 3. The number of rotatable bonds is 9. The van der Waals surface area contributed by atoms with Gasteiger partial charge in [0.05, 0.1) is 12.8 Å². The molecule has 1 atom stereocenters. The second-order valence-electron chi connectivity index (χ2n) is 6.41. The number of esters is 1.